The van der Waals surface area contributed by atoms with Crippen molar-refractivity contribution in [3.05, 3.63) is 22.4 Å². The number of nitrogens with one attached hydrogen (secondary N) is 1. The molecule has 1 aromatic carbocycles. The number of halogens is 2. The number of anilines is 1. The second-order valence-corrected chi connectivity index (χ2v) is 6.32. The Morgan fingerprint density at radius 2 is 2.17 bits per heavy atom. The van der Waals surface area contributed by atoms with Crippen LogP contribution in [0.2, 0.25) is 0 Å². The monoisotopic (exact) mass is 340 g/mol. The summed E-state index contributed by atoms with van der Waals surface area (Å²) in [6, 6.07) is 1.68. The van der Waals surface area contributed by atoms with Gasteiger partial charge in [-0.3, -0.25) is 0 Å². The van der Waals surface area contributed by atoms with Crippen LogP contribution in [0.4, 0.5) is 10.1 Å². The normalized spacial score (nSPS) is 13.6. The second kappa shape index (κ2) is 5.96. The number of nitrogen functional groups attached to an aromatic ring is 1. The zero-order chi connectivity index (χ0) is 13.9. The summed E-state index contributed by atoms with van der Waals surface area (Å²) in [6.45, 7) is 1.88. The van der Waals surface area contributed by atoms with Gasteiger partial charge in [-0.25, -0.2) is 17.5 Å². The average molecular weight is 341 g/mol. The summed E-state index contributed by atoms with van der Waals surface area (Å²) < 4.78 is 44.5. The molecule has 0 spiro atoms. The summed E-state index contributed by atoms with van der Waals surface area (Å²) in [7, 11) is -2.31. The highest BCUT2D eigenvalue weighted by molar-refractivity contribution is 9.10. The first-order chi connectivity index (χ1) is 8.27. The molecule has 0 saturated carbocycles. The molecule has 1 atom stereocenters. The van der Waals surface area contributed by atoms with Gasteiger partial charge in [-0.2, -0.15) is 0 Å². The molecule has 0 aliphatic carbocycles. The fourth-order valence-electron chi connectivity index (χ4n) is 1.36. The van der Waals surface area contributed by atoms with Crippen LogP contribution in [-0.4, -0.2) is 28.2 Å². The number of hydrogen-bond donors (Lipinski definition) is 2. The molecule has 0 amide bonds. The van der Waals surface area contributed by atoms with Gasteiger partial charge in [0.2, 0.25) is 10.0 Å². The summed E-state index contributed by atoms with van der Waals surface area (Å²) in [5, 5.41) is 0. The third-order valence-corrected chi connectivity index (χ3v) is 4.66. The van der Waals surface area contributed by atoms with E-state index in [1.807, 2.05) is 0 Å². The van der Waals surface area contributed by atoms with Crippen molar-refractivity contribution in [2.45, 2.75) is 17.9 Å². The SMILES string of the molecule is COCC(C)NS(=O)(=O)c1cc(N)c(F)cc1Br. The highest BCUT2D eigenvalue weighted by Crippen LogP contribution is 2.26. The summed E-state index contributed by atoms with van der Waals surface area (Å²) >= 11 is 3.00. The van der Waals surface area contributed by atoms with Gasteiger partial charge >= 0.3 is 0 Å². The first kappa shape index (κ1) is 15.4. The summed E-state index contributed by atoms with van der Waals surface area (Å²) in [5.41, 5.74) is 5.14. The molecule has 0 bridgehead atoms. The predicted molar refractivity (Wildman–Crippen MR) is 70.2 cm³/mol. The third kappa shape index (κ3) is 3.64. The molecular weight excluding hydrogens is 327 g/mol. The van der Waals surface area contributed by atoms with E-state index in [9.17, 15) is 12.8 Å². The molecule has 0 aromatic heterocycles. The Hall–Kier alpha value is -0.700. The van der Waals surface area contributed by atoms with Gasteiger partial charge < -0.3 is 10.5 Å². The van der Waals surface area contributed by atoms with E-state index < -0.39 is 21.9 Å². The highest BCUT2D eigenvalue weighted by atomic mass is 79.9. The van der Waals surface area contributed by atoms with E-state index in [0.717, 1.165) is 12.1 Å². The van der Waals surface area contributed by atoms with E-state index in [2.05, 4.69) is 20.7 Å². The summed E-state index contributed by atoms with van der Waals surface area (Å²) in [4.78, 5) is -0.107. The van der Waals surface area contributed by atoms with Crippen molar-refractivity contribution in [3.63, 3.8) is 0 Å². The van der Waals surface area contributed by atoms with Crippen LogP contribution in [0.3, 0.4) is 0 Å². The van der Waals surface area contributed by atoms with Crippen LogP contribution in [0, 0.1) is 5.82 Å². The van der Waals surface area contributed by atoms with Crippen LogP contribution in [0.15, 0.2) is 21.5 Å². The molecule has 0 heterocycles. The van der Waals surface area contributed by atoms with Gasteiger partial charge in [-0.1, -0.05) is 0 Å². The molecule has 1 unspecified atom stereocenters. The number of benzene rings is 1. The predicted octanol–water partition coefficient (Wildman–Crippen LogP) is 1.48. The van der Waals surface area contributed by atoms with Crippen molar-refractivity contribution in [2.24, 2.45) is 0 Å². The fourth-order valence-corrected chi connectivity index (χ4v) is 3.64. The molecule has 18 heavy (non-hydrogen) atoms. The molecule has 0 saturated heterocycles. The van der Waals surface area contributed by atoms with Gasteiger partial charge in [0.25, 0.3) is 0 Å². The van der Waals surface area contributed by atoms with Gasteiger partial charge in [-0.15, -0.1) is 0 Å². The molecule has 3 N–H and O–H groups in total. The molecule has 8 heteroatoms. The minimum Gasteiger partial charge on any atom is -0.396 e. The summed E-state index contributed by atoms with van der Waals surface area (Å²) in [6.07, 6.45) is 0. The molecule has 1 aromatic rings. The Kier molecular flexibility index (Phi) is 5.09. The second-order valence-electron chi connectivity index (χ2n) is 3.78. The molecule has 0 aliphatic heterocycles. The van der Waals surface area contributed by atoms with E-state index in [4.69, 9.17) is 10.5 Å². The lowest BCUT2D eigenvalue weighted by Gasteiger charge is -2.14. The van der Waals surface area contributed by atoms with Crippen LogP contribution >= 0.6 is 15.9 Å². The van der Waals surface area contributed by atoms with Crippen LogP contribution in [-0.2, 0) is 14.8 Å². The Morgan fingerprint density at radius 3 is 2.72 bits per heavy atom. The Labute approximate surface area is 114 Å². The molecule has 0 radical (unpaired) electrons. The largest absolute Gasteiger partial charge is 0.396 e. The smallest absolute Gasteiger partial charge is 0.242 e. The number of nitrogens with two attached hydrogens (primary N) is 1. The number of hydrogen-bond acceptors (Lipinski definition) is 4. The van der Waals surface area contributed by atoms with Crippen molar-refractivity contribution in [2.75, 3.05) is 19.5 Å². The first-order valence-electron chi connectivity index (χ1n) is 5.03. The highest BCUT2D eigenvalue weighted by Gasteiger charge is 2.21. The molecular formula is C10H14BrFN2O3S. The van der Waals surface area contributed by atoms with Gasteiger partial charge in [0, 0.05) is 17.6 Å². The molecule has 0 aliphatic rings. The van der Waals surface area contributed by atoms with E-state index >= 15 is 0 Å². The van der Waals surface area contributed by atoms with Crippen molar-refractivity contribution in [1.29, 1.82) is 0 Å². The van der Waals surface area contributed by atoms with Gasteiger partial charge in [-0.05, 0) is 35.0 Å². The quantitative estimate of drug-likeness (QED) is 0.795. The lowest BCUT2D eigenvalue weighted by molar-refractivity contribution is 0.180. The minimum absolute atomic E-state index is 0.107. The number of rotatable bonds is 5. The van der Waals surface area contributed by atoms with Crippen molar-refractivity contribution in [1.82, 2.24) is 4.72 Å². The van der Waals surface area contributed by atoms with E-state index in [0.29, 0.717) is 0 Å². The number of ether oxygens (including phenoxy) is 1. The Balaban J connectivity index is 3.09. The maximum absolute atomic E-state index is 13.1. The van der Waals surface area contributed by atoms with Crippen molar-refractivity contribution >= 4 is 31.6 Å². The van der Waals surface area contributed by atoms with Crippen LogP contribution in [0.25, 0.3) is 0 Å². The molecule has 5 nitrogen and oxygen atoms in total. The minimum atomic E-state index is -3.78. The molecule has 1 rings (SSSR count). The van der Waals surface area contributed by atoms with E-state index in [1.165, 1.54) is 7.11 Å². The number of sulfonamides is 1. The third-order valence-electron chi connectivity index (χ3n) is 2.11. The van der Waals surface area contributed by atoms with Gasteiger partial charge in [0.05, 0.1) is 17.2 Å². The topological polar surface area (TPSA) is 81.4 Å². The van der Waals surface area contributed by atoms with Gasteiger partial charge in [0.1, 0.15) is 5.82 Å². The van der Waals surface area contributed by atoms with E-state index in [-0.39, 0.29) is 21.7 Å². The maximum Gasteiger partial charge on any atom is 0.242 e. The molecule has 0 fully saturated rings. The zero-order valence-electron chi connectivity index (χ0n) is 9.91. The summed E-state index contributed by atoms with van der Waals surface area (Å²) in [5.74, 6) is -0.675. The Morgan fingerprint density at radius 1 is 1.56 bits per heavy atom. The zero-order valence-corrected chi connectivity index (χ0v) is 12.3. The fraction of sp³-hybridized carbons (Fsp3) is 0.400. The lowest BCUT2D eigenvalue weighted by atomic mass is 10.3. The van der Waals surface area contributed by atoms with Crippen molar-refractivity contribution < 1.29 is 17.5 Å². The average Bonchev–Trinajstić information content (AvgIpc) is 2.22. The van der Waals surface area contributed by atoms with Crippen LogP contribution in [0.5, 0.6) is 0 Å². The first-order valence-corrected chi connectivity index (χ1v) is 7.31. The van der Waals surface area contributed by atoms with Crippen molar-refractivity contribution in [3.8, 4) is 0 Å². The number of methoxy groups -OCH3 is 1. The van der Waals surface area contributed by atoms with Gasteiger partial charge in [0.15, 0.2) is 0 Å². The lowest BCUT2D eigenvalue weighted by Crippen LogP contribution is -2.35. The Bertz CT molecular complexity index is 536. The standard InChI is InChI=1S/C10H14BrFN2O3S/c1-6(5-17-2)14-18(15,16)10-4-9(13)8(12)3-7(10)11/h3-4,6,14H,5,13H2,1-2H3. The maximum atomic E-state index is 13.1. The van der Waals surface area contributed by atoms with Crippen LogP contribution in [0.1, 0.15) is 6.92 Å². The van der Waals surface area contributed by atoms with Crippen LogP contribution < -0.4 is 10.5 Å². The van der Waals surface area contributed by atoms with E-state index in [1.54, 1.807) is 6.92 Å². The molecule has 102 valence electrons.